The Hall–Kier alpha value is -3.16. The van der Waals surface area contributed by atoms with Crippen LogP contribution in [0.1, 0.15) is 23.8 Å². The van der Waals surface area contributed by atoms with Gasteiger partial charge in [0.1, 0.15) is 22.4 Å². The summed E-state index contributed by atoms with van der Waals surface area (Å²) in [6.45, 7) is 2.23. The Morgan fingerprint density at radius 1 is 1.17 bits per heavy atom. The van der Waals surface area contributed by atoms with Gasteiger partial charge in [0.05, 0.1) is 34.9 Å². The van der Waals surface area contributed by atoms with Crippen LogP contribution in [0.3, 0.4) is 0 Å². The lowest BCUT2D eigenvalue weighted by atomic mass is 10.2. The smallest absolute Gasteiger partial charge is 0.135 e. The third-order valence-electron chi connectivity index (χ3n) is 5.26. The molecule has 1 aliphatic rings. The number of fused-ring (bicyclic) bond motifs is 1. The number of aromatic amines is 1. The average Bonchev–Trinajstić information content (AvgIpc) is 3.45. The number of imidazole rings is 1. The molecule has 0 bridgehead atoms. The van der Waals surface area contributed by atoms with Gasteiger partial charge in [-0.1, -0.05) is 35.9 Å². The van der Waals surface area contributed by atoms with Crippen LogP contribution in [0.2, 0.25) is 5.02 Å². The molecule has 30 heavy (non-hydrogen) atoms. The minimum atomic E-state index is -0.194. The molecule has 0 fully saturated rings. The van der Waals surface area contributed by atoms with E-state index in [9.17, 15) is 5.11 Å². The molecule has 3 heterocycles. The van der Waals surface area contributed by atoms with Crippen LogP contribution >= 0.6 is 22.9 Å². The molecule has 0 saturated carbocycles. The third-order valence-corrected chi connectivity index (χ3v) is 6.37. The zero-order valence-electron chi connectivity index (χ0n) is 16.1. The Morgan fingerprint density at radius 3 is 2.70 bits per heavy atom. The van der Waals surface area contributed by atoms with Gasteiger partial charge in [-0.05, 0) is 31.2 Å². The van der Waals surface area contributed by atoms with E-state index < -0.39 is 0 Å². The molecule has 0 aliphatic carbocycles. The van der Waals surface area contributed by atoms with Crippen LogP contribution in [0.15, 0.2) is 59.7 Å². The van der Waals surface area contributed by atoms with Crippen LogP contribution in [-0.4, -0.2) is 37.3 Å². The number of nitrogens with one attached hydrogen (secondary N) is 2. The van der Waals surface area contributed by atoms with Crippen molar-refractivity contribution in [2.75, 3.05) is 6.54 Å². The molecule has 5 rings (SSSR count). The number of nitrogens with zero attached hydrogens (tertiary/aromatic N) is 3. The van der Waals surface area contributed by atoms with Crippen molar-refractivity contribution in [2.24, 2.45) is 0 Å². The van der Waals surface area contributed by atoms with Gasteiger partial charge in [0, 0.05) is 16.0 Å². The van der Waals surface area contributed by atoms with Crippen molar-refractivity contribution in [2.45, 2.75) is 13.0 Å². The van der Waals surface area contributed by atoms with Gasteiger partial charge in [0.2, 0.25) is 0 Å². The number of para-hydroxylation sites is 2. The highest BCUT2D eigenvalue weighted by molar-refractivity contribution is 7.11. The van der Waals surface area contributed by atoms with E-state index in [2.05, 4.69) is 15.0 Å². The van der Waals surface area contributed by atoms with E-state index in [0.29, 0.717) is 15.6 Å². The van der Waals surface area contributed by atoms with Crippen LogP contribution < -0.4 is 0 Å². The largest absolute Gasteiger partial charge is 0.510 e. The molecule has 2 aromatic carbocycles. The number of rotatable bonds is 4. The summed E-state index contributed by atoms with van der Waals surface area (Å²) in [6.07, 6.45) is 0. The minimum absolute atomic E-state index is 0.153. The standard InChI is InChI=1S/C22H18ClN5OS/c1-12(21-25-15-4-2-3-5-16(15)26-21)28-10-18(29)19(20(28)24)22-27-17(11-30-22)13-6-8-14(23)9-7-13/h2-9,11-12,24,29H,10H2,1H3,(H,25,26). The number of amidine groups is 1. The number of benzene rings is 2. The summed E-state index contributed by atoms with van der Waals surface area (Å²) in [7, 11) is 0. The van der Waals surface area contributed by atoms with Gasteiger partial charge >= 0.3 is 0 Å². The molecule has 8 heteroatoms. The second-order valence-corrected chi connectivity index (χ2v) is 8.45. The first-order valence-electron chi connectivity index (χ1n) is 9.45. The molecule has 6 nitrogen and oxygen atoms in total. The fraction of sp³-hybridized carbons (Fsp3) is 0.136. The van der Waals surface area contributed by atoms with Crippen molar-refractivity contribution in [1.29, 1.82) is 5.41 Å². The number of thiazole rings is 1. The van der Waals surface area contributed by atoms with E-state index in [1.807, 2.05) is 65.7 Å². The summed E-state index contributed by atoms with van der Waals surface area (Å²) >= 11 is 7.38. The van der Waals surface area contributed by atoms with E-state index in [1.165, 1.54) is 11.3 Å². The van der Waals surface area contributed by atoms with E-state index >= 15 is 0 Å². The number of halogens is 1. The number of H-pyrrole nitrogens is 1. The second kappa shape index (κ2) is 7.27. The van der Waals surface area contributed by atoms with Gasteiger partial charge in [0.15, 0.2) is 0 Å². The second-order valence-electron chi connectivity index (χ2n) is 7.16. The lowest BCUT2D eigenvalue weighted by Gasteiger charge is -2.24. The van der Waals surface area contributed by atoms with Crippen molar-refractivity contribution in [3.8, 4) is 11.3 Å². The zero-order valence-corrected chi connectivity index (χ0v) is 17.6. The molecule has 4 aromatic rings. The maximum absolute atomic E-state index is 10.7. The van der Waals surface area contributed by atoms with Gasteiger partial charge in [-0.25, -0.2) is 9.97 Å². The molecule has 150 valence electrons. The van der Waals surface area contributed by atoms with Crippen LogP contribution in [0, 0.1) is 5.41 Å². The lowest BCUT2D eigenvalue weighted by molar-refractivity contribution is 0.304. The van der Waals surface area contributed by atoms with Gasteiger partial charge in [0.25, 0.3) is 0 Å². The van der Waals surface area contributed by atoms with Gasteiger partial charge < -0.3 is 15.0 Å². The van der Waals surface area contributed by atoms with Crippen LogP contribution in [0.5, 0.6) is 0 Å². The molecule has 1 unspecified atom stereocenters. The maximum atomic E-state index is 10.7. The molecule has 0 saturated heterocycles. The number of hydrogen-bond donors (Lipinski definition) is 3. The number of aliphatic hydroxyl groups is 1. The lowest BCUT2D eigenvalue weighted by Crippen LogP contribution is -2.30. The monoisotopic (exact) mass is 435 g/mol. The SMILES string of the molecule is CC(c1nc2ccccc2[nH]1)N1CC(O)=C(c2nc(-c3ccc(Cl)cc3)cs2)C1=N. The van der Waals surface area contributed by atoms with E-state index in [1.54, 1.807) is 0 Å². The van der Waals surface area contributed by atoms with Crippen molar-refractivity contribution in [1.82, 2.24) is 19.9 Å². The van der Waals surface area contributed by atoms with Crippen LogP contribution in [0.25, 0.3) is 27.9 Å². The quantitative estimate of drug-likeness (QED) is 0.385. The predicted molar refractivity (Wildman–Crippen MR) is 121 cm³/mol. The highest BCUT2D eigenvalue weighted by Crippen LogP contribution is 2.35. The van der Waals surface area contributed by atoms with Crippen molar-refractivity contribution >= 4 is 45.4 Å². The summed E-state index contributed by atoms with van der Waals surface area (Å²) < 4.78 is 0. The molecule has 2 aromatic heterocycles. The topological polar surface area (TPSA) is 88.9 Å². The first-order valence-corrected chi connectivity index (χ1v) is 10.7. The Balaban J connectivity index is 1.42. The van der Waals surface area contributed by atoms with Gasteiger partial charge in [-0.2, -0.15) is 0 Å². The maximum Gasteiger partial charge on any atom is 0.135 e. The highest BCUT2D eigenvalue weighted by atomic mass is 35.5. The van der Waals surface area contributed by atoms with Crippen LogP contribution in [-0.2, 0) is 0 Å². The van der Waals surface area contributed by atoms with Crippen molar-refractivity contribution < 1.29 is 5.11 Å². The fourth-order valence-corrected chi connectivity index (χ4v) is 4.64. The fourth-order valence-electron chi connectivity index (χ4n) is 3.61. The Morgan fingerprint density at radius 2 is 1.93 bits per heavy atom. The Labute approximate surface area is 182 Å². The molecule has 3 N–H and O–H groups in total. The molecule has 0 radical (unpaired) electrons. The van der Waals surface area contributed by atoms with Crippen molar-refractivity contribution in [3.63, 3.8) is 0 Å². The first-order chi connectivity index (χ1) is 14.5. The van der Waals surface area contributed by atoms with E-state index in [0.717, 1.165) is 28.1 Å². The molecular weight excluding hydrogens is 418 g/mol. The predicted octanol–water partition coefficient (Wildman–Crippen LogP) is 5.66. The third kappa shape index (κ3) is 3.16. The summed E-state index contributed by atoms with van der Waals surface area (Å²) in [5.41, 5.74) is 4.05. The average molecular weight is 436 g/mol. The van der Waals surface area contributed by atoms with Gasteiger partial charge in [-0.3, -0.25) is 5.41 Å². The zero-order chi connectivity index (χ0) is 20.8. The summed E-state index contributed by atoms with van der Waals surface area (Å²) in [5, 5.41) is 22.6. The molecule has 1 atom stereocenters. The van der Waals surface area contributed by atoms with Crippen molar-refractivity contribution in [3.05, 3.63) is 75.5 Å². The molecule has 1 aliphatic heterocycles. The molecule has 0 amide bonds. The Bertz CT molecular complexity index is 1260. The first kappa shape index (κ1) is 18.8. The highest BCUT2D eigenvalue weighted by Gasteiger charge is 2.34. The number of aliphatic hydroxyl groups excluding tert-OH is 1. The van der Waals surface area contributed by atoms with E-state index in [-0.39, 0.29) is 24.2 Å². The molecular formula is C22H18ClN5OS. The summed E-state index contributed by atoms with van der Waals surface area (Å²) in [5.74, 6) is 1.16. The minimum Gasteiger partial charge on any atom is -0.510 e. The normalized spacial score (nSPS) is 15.4. The number of hydrogen-bond acceptors (Lipinski definition) is 5. The summed E-state index contributed by atoms with van der Waals surface area (Å²) in [6, 6.07) is 15.1. The van der Waals surface area contributed by atoms with E-state index in [4.69, 9.17) is 17.0 Å². The number of aromatic nitrogens is 3. The molecule has 0 spiro atoms. The van der Waals surface area contributed by atoms with Gasteiger partial charge in [-0.15, -0.1) is 11.3 Å². The summed E-state index contributed by atoms with van der Waals surface area (Å²) in [4.78, 5) is 14.5. The van der Waals surface area contributed by atoms with Crippen LogP contribution in [0.4, 0.5) is 0 Å². The Kier molecular flexibility index (Phi) is 4.56.